The van der Waals surface area contributed by atoms with Gasteiger partial charge in [0.2, 0.25) is 5.78 Å². The molecule has 86 valence electrons. The number of carbonyl (C=O) groups excluding carboxylic acids is 2. The van der Waals surface area contributed by atoms with Crippen molar-refractivity contribution in [3.05, 3.63) is 0 Å². The van der Waals surface area contributed by atoms with Crippen LogP contribution in [-0.2, 0) is 14.4 Å². The fourth-order valence-electron chi connectivity index (χ4n) is 0.666. The van der Waals surface area contributed by atoms with E-state index in [1.807, 2.05) is 5.32 Å². The number of hydrogen-bond donors (Lipinski definition) is 5. The van der Waals surface area contributed by atoms with E-state index in [1.54, 1.807) is 0 Å². The van der Waals surface area contributed by atoms with Gasteiger partial charge in [-0.1, -0.05) is 0 Å². The molecule has 0 aliphatic carbocycles. The van der Waals surface area contributed by atoms with Crippen molar-refractivity contribution >= 4 is 42.9 Å². The predicted octanol–water partition coefficient (Wildman–Crippen LogP) is -1.69. The second kappa shape index (κ2) is 6.70. The summed E-state index contributed by atoms with van der Waals surface area (Å²) < 4.78 is 0. The molecule has 0 aliphatic heterocycles. The standard InChI is InChI=1S/C7H12N2O4S2/c8-3(1-14)5(10)6(11)9-4(2-15)7(12)13/h3-4,14-15H,1-2,8H2,(H,9,11)(H,12,13)/t3-,4-/m1/s1. The molecule has 0 unspecified atom stereocenters. The third-order valence-electron chi connectivity index (χ3n) is 1.54. The molecule has 0 aromatic rings. The summed E-state index contributed by atoms with van der Waals surface area (Å²) in [6, 6.07) is -2.22. The second-order valence-electron chi connectivity index (χ2n) is 2.70. The molecule has 8 heteroatoms. The molecule has 0 saturated carbocycles. The van der Waals surface area contributed by atoms with Gasteiger partial charge in [0.25, 0.3) is 5.91 Å². The van der Waals surface area contributed by atoms with Crippen LogP contribution in [0.25, 0.3) is 0 Å². The fourth-order valence-corrected chi connectivity index (χ4v) is 1.08. The first-order valence-corrected chi connectivity index (χ1v) is 5.25. The summed E-state index contributed by atoms with van der Waals surface area (Å²) in [7, 11) is 0. The van der Waals surface area contributed by atoms with Crippen LogP contribution in [-0.4, -0.2) is 46.4 Å². The van der Waals surface area contributed by atoms with Crippen LogP contribution in [0.1, 0.15) is 0 Å². The molecular weight excluding hydrogens is 240 g/mol. The number of thiol groups is 2. The maximum Gasteiger partial charge on any atom is 0.327 e. The minimum Gasteiger partial charge on any atom is -0.480 e. The van der Waals surface area contributed by atoms with E-state index in [0.29, 0.717) is 0 Å². The minimum absolute atomic E-state index is 0.0187. The largest absolute Gasteiger partial charge is 0.480 e. The Hall–Kier alpha value is -0.730. The van der Waals surface area contributed by atoms with Crippen LogP contribution >= 0.6 is 25.3 Å². The topological polar surface area (TPSA) is 109 Å². The van der Waals surface area contributed by atoms with Crippen molar-refractivity contribution in [1.82, 2.24) is 5.32 Å². The Kier molecular flexibility index (Phi) is 6.37. The van der Waals surface area contributed by atoms with Crippen molar-refractivity contribution in [3.63, 3.8) is 0 Å². The van der Waals surface area contributed by atoms with Crippen molar-refractivity contribution in [2.45, 2.75) is 12.1 Å². The lowest BCUT2D eigenvalue weighted by molar-refractivity contribution is -0.143. The van der Waals surface area contributed by atoms with Gasteiger partial charge in [-0.25, -0.2) is 4.79 Å². The highest BCUT2D eigenvalue weighted by Crippen LogP contribution is 1.91. The number of aliphatic carboxylic acids is 1. The zero-order valence-electron chi connectivity index (χ0n) is 7.71. The maximum atomic E-state index is 11.1. The van der Waals surface area contributed by atoms with Crippen LogP contribution < -0.4 is 11.1 Å². The van der Waals surface area contributed by atoms with E-state index in [2.05, 4.69) is 25.3 Å². The van der Waals surface area contributed by atoms with Gasteiger partial charge in [0.1, 0.15) is 6.04 Å². The van der Waals surface area contributed by atoms with E-state index in [4.69, 9.17) is 10.8 Å². The molecule has 0 fully saturated rings. The molecule has 4 N–H and O–H groups in total. The number of nitrogens with one attached hydrogen (secondary N) is 1. The summed E-state index contributed by atoms with van der Waals surface area (Å²) in [6.45, 7) is 0. The first-order valence-electron chi connectivity index (χ1n) is 3.98. The van der Waals surface area contributed by atoms with Crippen LogP contribution in [0.15, 0.2) is 0 Å². The lowest BCUT2D eigenvalue weighted by Gasteiger charge is -2.12. The highest BCUT2D eigenvalue weighted by molar-refractivity contribution is 7.80. The highest BCUT2D eigenvalue weighted by Gasteiger charge is 2.25. The SMILES string of the molecule is N[C@H](CS)C(=O)C(=O)N[C@H](CS)C(=O)O. The van der Waals surface area contributed by atoms with Crippen LogP contribution in [0.3, 0.4) is 0 Å². The minimum atomic E-state index is -1.26. The molecule has 15 heavy (non-hydrogen) atoms. The number of amides is 1. The molecule has 0 heterocycles. The van der Waals surface area contributed by atoms with E-state index >= 15 is 0 Å². The third-order valence-corrected chi connectivity index (χ3v) is 2.30. The number of hydrogen-bond acceptors (Lipinski definition) is 6. The molecule has 0 spiro atoms. The first kappa shape index (κ1) is 14.3. The number of nitrogens with two attached hydrogens (primary N) is 1. The molecule has 0 aromatic carbocycles. The number of rotatable bonds is 6. The zero-order chi connectivity index (χ0) is 12.0. The van der Waals surface area contributed by atoms with Crippen LogP contribution in [0.2, 0.25) is 0 Å². The summed E-state index contributed by atoms with van der Waals surface area (Å²) in [5.41, 5.74) is 5.26. The molecule has 6 nitrogen and oxygen atoms in total. The van der Waals surface area contributed by atoms with E-state index in [-0.39, 0.29) is 11.5 Å². The Bertz CT molecular complexity index is 272. The van der Waals surface area contributed by atoms with Crippen molar-refractivity contribution in [1.29, 1.82) is 0 Å². The van der Waals surface area contributed by atoms with Gasteiger partial charge in [-0.3, -0.25) is 9.59 Å². The molecule has 0 radical (unpaired) electrons. The van der Waals surface area contributed by atoms with Gasteiger partial charge in [-0.15, -0.1) is 0 Å². The van der Waals surface area contributed by atoms with E-state index in [0.717, 1.165) is 0 Å². The average Bonchev–Trinajstić information content (AvgIpc) is 2.22. The predicted molar refractivity (Wildman–Crippen MR) is 60.3 cm³/mol. The molecule has 0 aromatic heterocycles. The van der Waals surface area contributed by atoms with Gasteiger partial charge in [0.15, 0.2) is 0 Å². The molecular formula is C7H12N2O4S2. The normalized spacial score (nSPS) is 14.1. The Balaban J connectivity index is 4.35. The van der Waals surface area contributed by atoms with E-state index < -0.39 is 29.7 Å². The van der Waals surface area contributed by atoms with Crippen LogP contribution in [0, 0.1) is 0 Å². The fraction of sp³-hybridized carbons (Fsp3) is 0.571. The van der Waals surface area contributed by atoms with Crippen LogP contribution in [0.4, 0.5) is 0 Å². The molecule has 0 saturated heterocycles. The zero-order valence-corrected chi connectivity index (χ0v) is 9.50. The highest BCUT2D eigenvalue weighted by atomic mass is 32.1. The summed E-state index contributed by atoms with van der Waals surface area (Å²) in [5, 5.41) is 10.6. The number of carbonyl (C=O) groups is 3. The molecule has 2 atom stereocenters. The molecule has 0 aliphatic rings. The Morgan fingerprint density at radius 2 is 1.80 bits per heavy atom. The van der Waals surface area contributed by atoms with Gasteiger partial charge in [0, 0.05) is 11.5 Å². The number of Topliss-reactive ketones (excluding diaryl/α,β-unsaturated/α-hetero) is 1. The Morgan fingerprint density at radius 3 is 2.13 bits per heavy atom. The van der Waals surface area contributed by atoms with Crippen molar-refractivity contribution in [3.8, 4) is 0 Å². The van der Waals surface area contributed by atoms with Crippen molar-refractivity contribution < 1.29 is 19.5 Å². The smallest absolute Gasteiger partial charge is 0.327 e. The number of carboxylic acids is 1. The van der Waals surface area contributed by atoms with Crippen LogP contribution in [0.5, 0.6) is 0 Å². The summed E-state index contributed by atoms with van der Waals surface area (Å²) >= 11 is 7.47. The van der Waals surface area contributed by atoms with Gasteiger partial charge in [-0.05, 0) is 0 Å². The number of carboxylic acid groups (broad SMARTS) is 1. The summed E-state index contributed by atoms with van der Waals surface area (Å²) in [4.78, 5) is 32.8. The van der Waals surface area contributed by atoms with E-state index in [1.165, 1.54) is 0 Å². The second-order valence-corrected chi connectivity index (χ2v) is 3.43. The summed E-state index contributed by atoms with van der Waals surface area (Å²) in [6.07, 6.45) is 0. The lowest BCUT2D eigenvalue weighted by Crippen LogP contribution is -2.50. The van der Waals surface area contributed by atoms with Crippen molar-refractivity contribution in [2.75, 3.05) is 11.5 Å². The third kappa shape index (κ3) is 4.54. The quantitative estimate of drug-likeness (QED) is 0.286. The Labute approximate surface area is 97.4 Å². The summed E-state index contributed by atoms with van der Waals surface area (Å²) in [5.74, 6) is -3.27. The lowest BCUT2D eigenvalue weighted by atomic mass is 10.2. The Morgan fingerprint density at radius 1 is 1.27 bits per heavy atom. The average molecular weight is 252 g/mol. The molecule has 0 bridgehead atoms. The van der Waals surface area contributed by atoms with Gasteiger partial charge < -0.3 is 16.2 Å². The van der Waals surface area contributed by atoms with E-state index in [9.17, 15) is 14.4 Å². The monoisotopic (exact) mass is 252 g/mol. The van der Waals surface area contributed by atoms with Gasteiger partial charge >= 0.3 is 5.97 Å². The maximum absolute atomic E-state index is 11.1. The first-order chi connectivity index (χ1) is 6.93. The van der Waals surface area contributed by atoms with Crippen molar-refractivity contribution in [2.24, 2.45) is 5.73 Å². The molecule has 0 rings (SSSR count). The van der Waals surface area contributed by atoms with Gasteiger partial charge in [0.05, 0.1) is 6.04 Å². The molecule has 1 amide bonds. The van der Waals surface area contributed by atoms with Gasteiger partial charge in [-0.2, -0.15) is 25.3 Å². The number of ketones is 1.